The van der Waals surface area contributed by atoms with Crippen LogP contribution in [-0.4, -0.2) is 23.3 Å². The minimum Gasteiger partial charge on any atom is -0.279 e. The normalized spacial score (nSPS) is 9.83. The summed E-state index contributed by atoms with van der Waals surface area (Å²) in [5.74, 6) is -0.427. The van der Waals surface area contributed by atoms with Gasteiger partial charge in [0.2, 0.25) is 5.91 Å². The lowest BCUT2D eigenvalue weighted by atomic mass is 10.1. The second-order valence-corrected chi connectivity index (χ2v) is 4.13. The molecule has 0 bridgehead atoms. The van der Waals surface area contributed by atoms with Gasteiger partial charge in [-0.15, -0.1) is 6.58 Å². The molecule has 3 heteroatoms. The van der Waals surface area contributed by atoms with Gasteiger partial charge in [-0.25, -0.2) is 0 Å². The Morgan fingerprint density at radius 3 is 2.44 bits per heavy atom. The van der Waals surface area contributed by atoms with Crippen LogP contribution in [-0.2, 0) is 4.79 Å². The van der Waals surface area contributed by atoms with Gasteiger partial charge in [-0.3, -0.25) is 14.5 Å². The lowest BCUT2D eigenvalue weighted by Crippen LogP contribution is -2.36. The molecule has 0 aromatic heterocycles. The molecule has 0 fully saturated rings. The van der Waals surface area contributed by atoms with Crippen molar-refractivity contribution in [1.82, 2.24) is 4.90 Å². The van der Waals surface area contributed by atoms with Crippen LogP contribution in [0.4, 0.5) is 0 Å². The van der Waals surface area contributed by atoms with Gasteiger partial charge in [0.1, 0.15) is 0 Å². The van der Waals surface area contributed by atoms with Crippen LogP contribution >= 0.6 is 0 Å². The first-order valence-electron chi connectivity index (χ1n) is 6.15. The van der Waals surface area contributed by atoms with Gasteiger partial charge in [0.25, 0.3) is 5.91 Å². The number of carbonyl (C=O) groups is 2. The molecule has 1 aromatic carbocycles. The standard InChI is InChI=1S/C15H19NO2/c1-3-4-5-9-12-16(13(2)17)15(18)14-10-7-6-8-11-14/h3,6-8,10-11H,1,4-5,9,12H2,2H3. The molecule has 3 nitrogen and oxygen atoms in total. The van der Waals surface area contributed by atoms with E-state index >= 15 is 0 Å². The monoisotopic (exact) mass is 245 g/mol. The summed E-state index contributed by atoms with van der Waals surface area (Å²) >= 11 is 0. The molecule has 0 spiro atoms. The van der Waals surface area contributed by atoms with Gasteiger partial charge in [-0.2, -0.15) is 0 Å². The lowest BCUT2D eigenvalue weighted by molar-refractivity contribution is -0.126. The summed E-state index contributed by atoms with van der Waals surface area (Å²) in [5.41, 5.74) is 0.552. The molecule has 96 valence electrons. The maximum Gasteiger partial charge on any atom is 0.260 e. The van der Waals surface area contributed by atoms with Crippen LogP contribution in [0.3, 0.4) is 0 Å². The van der Waals surface area contributed by atoms with E-state index in [1.165, 1.54) is 11.8 Å². The van der Waals surface area contributed by atoms with Crippen molar-refractivity contribution >= 4 is 11.8 Å². The number of amides is 2. The summed E-state index contributed by atoms with van der Waals surface area (Å²) in [6.45, 7) is 5.54. The Bertz CT molecular complexity index is 412. The third-order valence-electron chi connectivity index (χ3n) is 2.69. The van der Waals surface area contributed by atoms with Crippen molar-refractivity contribution in [2.75, 3.05) is 6.54 Å². The van der Waals surface area contributed by atoms with Gasteiger partial charge in [0, 0.05) is 19.0 Å². The molecule has 0 unspecified atom stereocenters. The molecule has 0 heterocycles. The molecule has 0 radical (unpaired) electrons. The molecule has 2 amide bonds. The Morgan fingerprint density at radius 2 is 1.89 bits per heavy atom. The Balaban J connectivity index is 2.64. The summed E-state index contributed by atoms with van der Waals surface area (Å²) in [5, 5.41) is 0. The number of allylic oxidation sites excluding steroid dienone is 1. The lowest BCUT2D eigenvalue weighted by Gasteiger charge is -2.19. The minimum atomic E-state index is -0.221. The number of carbonyl (C=O) groups excluding carboxylic acids is 2. The molecule has 0 atom stereocenters. The van der Waals surface area contributed by atoms with Crippen LogP contribution in [0.5, 0.6) is 0 Å². The molecule has 0 aliphatic rings. The Labute approximate surface area is 108 Å². The van der Waals surface area contributed by atoms with Gasteiger partial charge in [-0.1, -0.05) is 24.3 Å². The Hall–Kier alpha value is -1.90. The third-order valence-corrected chi connectivity index (χ3v) is 2.69. The number of imide groups is 1. The van der Waals surface area contributed by atoms with Crippen molar-refractivity contribution in [3.05, 3.63) is 48.6 Å². The maximum absolute atomic E-state index is 12.1. The van der Waals surface area contributed by atoms with Crippen LogP contribution in [0.15, 0.2) is 43.0 Å². The zero-order chi connectivity index (χ0) is 13.4. The summed E-state index contributed by atoms with van der Waals surface area (Å²) in [6.07, 6.45) is 4.50. The SMILES string of the molecule is C=CCCCCN(C(C)=O)C(=O)c1ccccc1. The van der Waals surface area contributed by atoms with Crippen molar-refractivity contribution < 1.29 is 9.59 Å². The number of rotatable bonds is 6. The first-order valence-corrected chi connectivity index (χ1v) is 6.15. The smallest absolute Gasteiger partial charge is 0.260 e. The quantitative estimate of drug-likeness (QED) is 0.570. The van der Waals surface area contributed by atoms with E-state index < -0.39 is 0 Å². The molecule has 0 aliphatic heterocycles. The van der Waals surface area contributed by atoms with Crippen LogP contribution in [0.1, 0.15) is 36.5 Å². The molecule has 1 rings (SSSR count). The summed E-state index contributed by atoms with van der Waals surface area (Å²) in [7, 11) is 0. The number of nitrogens with zero attached hydrogens (tertiary/aromatic N) is 1. The van der Waals surface area contributed by atoms with Gasteiger partial charge in [-0.05, 0) is 31.4 Å². The second-order valence-electron chi connectivity index (χ2n) is 4.13. The predicted molar refractivity (Wildman–Crippen MR) is 72.2 cm³/mol. The zero-order valence-corrected chi connectivity index (χ0v) is 10.8. The third kappa shape index (κ3) is 4.17. The van der Waals surface area contributed by atoms with E-state index in [1.54, 1.807) is 24.3 Å². The van der Waals surface area contributed by atoms with E-state index in [-0.39, 0.29) is 11.8 Å². The average molecular weight is 245 g/mol. The van der Waals surface area contributed by atoms with E-state index in [1.807, 2.05) is 12.1 Å². The fourth-order valence-corrected chi connectivity index (χ4v) is 1.70. The number of benzene rings is 1. The van der Waals surface area contributed by atoms with Gasteiger partial charge in [0.05, 0.1) is 0 Å². The van der Waals surface area contributed by atoms with Crippen molar-refractivity contribution in [3.8, 4) is 0 Å². The van der Waals surface area contributed by atoms with Gasteiger partial charge < -0.3 is 0 Å². The Morgan fingerprint density at radius 1 is 1.22 bits per heavy atom. The zero-order valence-electron chi connectivity index (χ0n) is 10.8. The van der Waals surface area contributed by atoms with E-state index in [9.17, 15) is 9.59 Å². The molecular formula is C15H19NO2. The second kappa shape index (κ2) is 7.43. The highest BCUT2D eigenvalue weighted by molar-refractivity contribution is 6.04. The summed E-state index contributed by atoms with van der Waals surface area (Å²) in [4.78, 5) is 24.9. The van der Waals surface area contributed by atoms with E-state index in [0.717, 1.165) is 19.3 Å². The highest BCUT2D eigenvalue weighted by Gasteiger charge is 2.18. The van der Waals surface area contributed by atoms with E-state index in [4.69, 9.17) is 0 Å². The van der Waals surface area contributed by atoms with Crippen LogP contribution < -0.4 is 0 Å². The van der Waals surface area contributed by atoms with Gasteiger partial charge >= 0.3 is 0 Å². The average Bonchev–Trinajstić information content (AvgIpc) is 2.39. The first-order chi connectivity index (χ1) is 8.66. The summed E-state index contributed by atoms with van der Waals surface area (Å²) < 4.78 is 0. The number of hydrogen-bond donors (Lipinski definition) is 0. The molecule has 0 N–H and O–H groups in total. The highest BCUT2D eigenvalue weighted by atomic mass is 16.2. The van der Waals surface area contributed by atoms with Crippen LogP contribution in [0, 0.1) is 0 Å². The van der Waals surface area contributed by atoms with Crippen molar-refractivity contribution in [2.24, 2.45) is 0 Å². The van der Waals surface area contributed by atoms with Crippen LogP contribution in [0.25, 0.3) is 0 Å². The van der Waals surface area contributed by atoms with Crippen LogP contribution in [0.2, 0.25) is 0 Å². The van der Waals surface area contributed by atoms with E-state index in [2.05, 4.69) is 6.58 Å². The topological polar surface area (TPSA) is 37.4 Å². The fourth-order valence-electron chi connectivity index (χ4n) is 1.70. The Kier molecular flexibility index (Phi) is 5.85. The van der Waals surface area contributed by atoms with Crippen molar-refractivity contribution in [1.29, 1.82) is 0 Å². The molecule has 0 saturated carbocycles. The highest BCUT2D eigenvalue weighted by Crippen LogP contribution is 2.07. The van der Waals surface area contributed by atoms with Crippen molar-refractivity contribution in [3.63, 3.8) is 0 Å². The van der Waals surface area contributed by atoms with Gasteiger partial charge in [0.15, 0.2) is 0 Å². The maximum atomic E-state index is 12.1. The summed E-state index contributed by atoms with van der Waals surface area (Å²) in [6, 6.07) is 8.88. The molecular weight excluding hydrogens is 226 g/mol. The minimum absolute atomic E-state index is 0.206. The molecule has 1 aromatic rings. The number of unbranched alkanes of at least 4 members (excludes halogenated alkanes) is 2. The molecule has 0 aliphatic carbocycles. The molecule has 0 saturated heterocycles. The fraction of sp³-hybridized carbons (Fsp3) is 0.333. The largest absolute Gasteiger partial charge is 0.279 e. The molecule has 18 heavy (non-hydrogen) atoms. The predicted octanol–water partition coefficient (Wildman–Crippen LogP) is 3.03. The number of hydrogen-bond acceptors (Lipinski definition) is 2. The van der Waals surface area contributed by atoms with E-state index in [0.29, 0.717) is 12.1 Å². The first kappa shape index (κ1) is 14.2. The van der Waals surface area contributed by atoms with Crippen molar-refractivity contribution in [2.45, 2.75) is 26.2 Å².